The fourth-order valence-corrected chi connectivity index (χ4v) is 4.81. The number of allylic oxidation sites excluding steroid dienone is 4. The summed E-state index contributed by atoms with van der Waals surface area (Å²) in [6.07, 6.45) is 28.8. The highest BCUT2D eigenvalue weighted by molar-refractivity contribution is 4.92. The van der Waals surface area contributed by atoms with Crippen LogP contribution in [-0.2, 0) is 0 Å². The first-order valence-corrected chi connectivity index (χ1v) is 10.7. The average Bonchev–Trinajstić information content (AvgIpc) is 2.64. The van der Waals surface area contributed by atoms with Gasteiger partial charge in [0.05, 0.1) is 0 Å². The molecule has 0 amide bonds. The molecule has 0 unspecified atom stereocenters. The van der Waals surface area contributed by atoms with Crippen molar-refractivity contribution >= 4 is 0 Å². The zero-order valence-corrected chi connectivity index (χ0v) is 15.9. The summed E-state index contributed by atoms with van der Waals surface area (Å²) in [5.74, 6) is 3.85. The summed E-state index contributed by atoms with van der Waals surface area (Å²) >= 11 is 0. The van der Waals surface area contributed by atoms with Gasteiger partial charge >= 0.3 is 0 Å². The molecule has 24 heavy (non-hydrogen) atoms. The molecule has 0 bridgehead atoms. The van der Waals surface area contributed by atoms with Crippen LogP contribution in [0.25, 0.3) is 0 Å². The second-order valence-corrected chi connectivity index (χ2v) is 8.41. The minimum absolute atomic E-state index is 0.875. The van der Waals surface area contributed by atoms with Crippen molar-refractivity contribution in [3.63, 3.8) is 0 Å². The molecule has 0 aliphatic heterocycles. The molecule has 0 aromatic carbocycles. The molecule has 2 rings (SSSR count). The summed E-state index contributed by atoms with van der Waals surface area (Å²) in [4.78, 5) is 0. The maximum absolute atomic E-state index is 3.85. The van der Waals surface area contributed by atoms with Crippen LogP contribution >= 0.6 is 0 Å². The monoisotopic (exact) mass is 328 g/mol. The summed E-state index contributed by atoms with van der Waals surface area (Å²) in [5, 5.41) is 0. The first kappa shape index (κ1) is 19.5. The Morgan fingerprint density at radius 2 is 1.00 bits per heavy atom. The van der Waals surface area contributed by atoms with Gasteiger partial charge in [-0.1, -0.05) is 50.0 Å². The Morgan fingerprint density at radius 1 is 0.583 bits per heavy atom. The van der Waals surface area contributed by atoms with Gasteiger partial charge < -0.3 is 0 Å². The smallest absolute Gasteiger partial charge is 0.0233 e. The molecule has 2 fully saturated rings. The molecule has 0 aromatic rings. The molecule has 0 spiro atoms. The molecule has 2 saturated carbocycles. The SMILES string of the molecule is C=CCC[C@H]1CC[C@H](/C=C/CC[C@H]2CC[C@H](CCC=C)CC2)CC1. The Hall–Kier alpha value is -0.780. The van der Waals surface area contributed by atoms with Gasteiger partial charge in [-0.15, -0.1) is 13.2 Å². The van der Waals surface area contributed by atoms with Gasteiger partial charge in [0.25, 0.3) is 0 Å². The molecule has 0 saturated heterocycles. The topological polar surface area (TPSA) is 0 Å². The fourth-order valence-electron chi connectivity index (χ4n) is 4.81. The Kier molecular flexibility index (Phi) is 9.54. The van der Waals surface area contributed by atoms with Gasteiger partial charge in [0.15, 0.2) is 0 Å². The molecule has 0 heterocycles. The molecule has 2 aliphatic rings. The molecule has 0 radical (unpaired) electrons. The molecule has 0 atom stereocenters. The number of hydrogen-bond acceptors (Lipinski definition) is 0. The highest BCUT2D eigenvalue weighted by atomic mass is 14.3. The molecule has 2 aliphatic carbocycles. The Balaban J connectivity index is 1.52. The number of rotatable bonds is 10. The first-order chi connectivity index (χ1) is 11.8. The van der Waals surface area contributed by atoms with Gasteiger partial charge in [0.1, 0.15) is 0 Å². The minimum Gasteiger partial charge on any atom is -0.103 e. The van der Waals surface area contributed by atoms with E-state index < -0.39 is 0 Å². The van der Waals surface area contributed by atoms with Crippen LogP contribution in [0.1, 0.15) is 89.9 Å². The van der Waals surface area contributed by atoms with E-state index in [0.29, 0.717) is 0 Å². The molecule has 0 nitrogen and oxygen atoms in total. The maximum Gasteiger partial charge on any atom is -0.0233 e. The van der Waals surface area contributed by atoms with Crippen LogP contribution in [0, 0.1) is 23.7 Å². The van der Waals surface area contributed by atoms with Crippen LogP contribution in [-0.4, -0.2) is 0 Å². The second kappa shape index (κ2) is 11.7. The van der Waals surface area contributed by atoms with Gasteiger partial charge in [-0.2, -0.15) is 0 Å². The van der Waals surface area contributed by atoms with Crippen molar-refractivity contribution in [1.29, 1.82) is 0 Å². The maximum atomic E-state index is 3.85. The Bertz CT molecular complexity index is 361. The summed E-state index contributed by atoms with van der Waals surface area (Å²) in [7, 11) is 0. The van der Waals surface area contributed by atoms with Crippen LogP contribution < -0.4 is 0 Å². The standard InChI is InChI=1S/C24H40/c1-3-5-9-21-13-17-23(18-14-21)11-7-8-12-24-19-15-22(16-20-24)10-6-4-2/h3-4,7,11,21-24H,1-2,5-6,8-10,12-20H2/b11-7+/t21-,22-,23-,24-. The van der Waals surface area contributed by atoms with E-state index in [1.54, 1.807) is 0 Å². The lowest BCUT2D eigenvalue weighted by atomic mass is 9.78. The van der Waals surface area contributed by atoms with Crippen LogP contribution in [0.3, 0.4) is 0 Å². The molecule has 0 aromatic heterocycles. The van der Waals surface area contributed by atoms with Crippen molar-refractivity contribution in [2.45, 2.75) is 89.9 Å². The minimum atomic E-state index is 0.875. The van der Waals surface area contributed by atoms with Crippen molar-refractivity contribution in [2.75, 3.05) is 0 Å². The van der Waals surface area contributed by atoms with Crippen LogP contribution in [0.4, 0.5) is 0 Å². The molecule has 136 valence electrons. The normalized spacial score (nSPS) is 31.2. The van der Waals surface area contributed by atoms with Crippen LogP contribution in [0.5, 0.6) is 0 Å². The van der Waals surface area contributed by atoms with Crippen molar-refractivity contribution in [3.05, 3.63) is 37.5 Å². The Morgan fingerprint density at radius 3 is 1.46 bits per heavy atom. The van der Waals surface area contributed by atoms with Gasteiger partial charge in [-0.05, 0) is 87.9 Å². The largest absolute Gasteiger partial charge is 0.103 e. The highest BCUT2D eigenvalue weighted by Gasteiger charge is 2.20. The van der Waals surface area contributed by atoms with E-state index >= 15 is 0 Å². The highest BCUT2D eigenvalue weighted by Crippen LogP contribution is 2.35. The number of hydrogen-bond donors (Lipinski definition) is 0. The van der Waals surface area contributed by atoms with Crippen molar-refractivity contribution < 1.29 is 0 Å². The summed E-state index contributed by atoms with van der Waals surface area (Å²) in [5.41, 5.74) is 0. The lowest BCUT2D eigenvalue weighted by Gasteiger charge is -2.28. The van der Waals surface area contributed by atoms with E-state index in [2.05, 4.69) is 37.5 Å². The van der Waals surface area contributed by atoms with Crippen molar-refractivity contribution in [2.24, 2.45) is 23.7 Å². The van der Waals surface area contributed by atoms with E-state index in [-0.39, 0.29) is 0 Å². The summed E-state index contributed by atoms with van der Waals surface area (Å²) in [6.45, 7) is 7.70. The summed E-state index contributed by atoms with van der Waals surface area (Å²) < 4.78 is 0. The van der Waals surface area contributed by atoms with Gasteiger partial charge in [-0.3, -0.25) is 0 Å². The van der Waals surface area contributed by atoms with Crippen LogP contribution in [0.2, 0.25) is 0 Å². The molecular weight excluding hydrogens is 288 g/mol. The fraction of sp³-hybridized carbons (Fsp3) is 0.750. The van der Waals surface area contributed by atoms with Crippen molar-refractivity contribution in [1.82, 2.24) is 0 Å². The van der Waals surface area contributed by atoms with E-state index in [1.807, 2.05) is 0 Å². The Labute approximate surface area is 151 Å². The van der Waals surface area contributed by atoms with E-state index in [4.69, 9.17) is 0 Å². The second-order valence-electron chi connectivity index (χ2n) is 8.41. The molecular formula is C24H40. The third-order valence-electron chi connectivity index (χ3n) is 6.57. The lowest BCUT2D eigenvalue weighted by molar-refractivity contribution is 0.255. The van der Waals surface area contributed by atoms with E-state index in [0.717, 1.165) is 23.7 Å². The summed E-state index contributed by atoms with van der Waals surface area (Å²) in [6, 6.07) is 0. The zero-order chi connectivity index (χ0) is 17.0. The predicted octanol–water partition coefficient (Wildman–Crippen LogP) is 7.87. The first-order valence-electron chi connectivity index (χ1n) is 10.7. The van der Waals surface area contributed by atoms with Gasteiger partial charge in [0, 0.05) is 0 Å². The van der Waals surface area contributed by atoms with E-state index in [1.165, 1.54) is 89.9 Å². The van der Waals surface area contributed by atoms with E-state index in [9.17, 15) is 0 Å². The van der Waals surface area contributed by atoms with Gasteiger partial charge in [-0.25, -0.2) is 0 Å². The quantitative estimate of drug-likeness (QED) is 0.358. The lowest BCUT2D eigenvalue weighted by Crippen LogP contribution is -2.14. The average molecular weight is 329 g/mol. The van der Waals surface area contributed by atoms with Crippen molar-refractivity contribution in [3.8, 4) is 0 Å². The molecule has 0 heteroatoms. The third-order valence-corrected chi connectivity index (χ3v) is 6.57. The van der Waals surface area contributed by atoms with Gasteiger partial charge in [0.2, 0.25) is 0 Å². The predicted molar refractivity (Wildman–Crippen MR) is 108 cm³/mol. The molecule has 0 N–H and O–H groups in total. The third kappa shape index (κ3) is 7.41. The zero-order valence-electron chi connectivity index (χ0n) is 15.9. The van der Waals surface area contributed by atoms with Crippen LogP contribution in [0.15, 0.2) is 37.5 Å².